The summed E-state index contributed by atoms with van der Waals surface area (Å²) in [5, 5.41) is 5.04. The molecule has 4 aromatic rings. The molecule has 1 aliphatic carbocycles. The van der Waals surface area contributed by atoms with Crippen molar-refractivity contribution in [3.8, 4) is 11.1 Å². The van der Waals surface area contributed by atoms with Gasteiger partial charge in [0.15, 0.2) is 0 Å². The van der Waals surface area contributed by atoms with Crippen molar-refractivity contribution in [2.45, 2.75) is 0 Å². The Labute approximate surface area is 171 Å². The molecule has 1 nitrogen and oxygen atoms in total. The van der Waals surface area contributed by atoms with E-state index in [2.05, 4.69) is 109 Å². The van der Waals surface area contributed by atoms with Gasteiger partial charge in [-0.15, -0.1) is 0 Å². The van der Waals surface area contributed by atoms with Crippen LogP contribution in [0.25, 0.3) is 38.2 Å². The van der Waals surface area contributed by atoms with Crippen molar-refractivity contribution in [3.05, 3.63) is 115 Å². The van der Waals surface area contributed by atoms with Gasteiger partial charge < -0.3 is 0 Å². The Balaban J connectivity index is 1.92. The predicted molar refractivity (Wildman–Crippen MR) is 127 cm³/mol. The summed E-state index contributed by atoms with van der Waals surface area (Å²) in [4.78, 5) is 4.32. The van der Waals surface area contributed by atoms with Crippen LogP contribution in [0.5, 0.6) is 0 Å². The van der Waals surface area contributed by atoms with Gasteiger partial charge in [0, 0.05) is 7.05 Å². The van der Waals surface area contributed by atoms with Crippen LogP contribution < -0.4 is 0 Å². The zero-order valence-electron chi connectivity index (χ0n) is 16.4. The van der Waals surface area contributed by atoms with Gasteiger partial charge in [0.1, 0.15) is 0 Å². The van der Waals surface area contributed by atoms with Crippen LogP contribution in [-0.4, -0.2) is 12.8 Å². The minimum atomic E-state index is 0.934. The van der Waals surface area contributed by atoms with Crippen LogP contribution in [0.15, 0.2) is 114 Å². The molecule has 138 valence electrons. The number of rotatable bonds is 2. The monoisotopic (exact) mass is 371 g/mol. The molecule has 0 spiro atoms. The number of nitrogens with zero attached hydrogens (tertiary/aromatic N) is 1. The lowest BCUT2D eigenvalue weighted by Gasteiger charge is -2.19. The van der Waals surface area contributed by atoms with Crippen LogP contribution in [0.4, 0.5) is 0 Å². The van der Waals surface area contributed by atoms with Gasteiger partial charge in [0.05, 0.1) is 5.71 Å². The Hall–Kier alpha value is -3.71. The molecule has 1 aliphatic rings. The van der Waals surface area contributed by atoms with E-state index in [1.54, 1.807) is 0 Å². The minimum absolute atomic E-state index is 0.934. The molecule has 0 N–H and O–H groups in total. The fourth-order valence-electron chi connectivity index (χ4n) is 4.31. The van der Waals surface area contributed by atoms with Gasteiger partial charge in [-0.05, 0) is 61.5 Å². The number of hydrogen-bond acceptors (Lipinski definition) is 1. The van der Waals surface area contributed by atoms with Crippen LogP contribution in [0.3, 0.4) is 0 Å². The first kappa shape index (κ1) is 17.4. The lowest BCUT2D eigenvalue weighted by molar-refractivity contribution is 1.44. The molecule has 4 aromatic carbocycles. The Morgan fingerprint density at radius 3 is 1.66 bits per heavy atom. The molecule has 0 saturated carbocycles. The highest BCUT2D eigenvalue weighted by atomic mass is 14.7. The van der Waals surface area contributed by atoms with Crippen molar-refractivity contribution in [1.82, 2.24) is 0 Å². The molecule has 0 unspecified atom stereocenters. The molecule has 0 bridgehead atoms. The number of aliphatic imine (C=N–C) groups is 1. The van der Waals surface area contributed by atoms with Gasteiger partial charge in [-0.1, -0.05) is 91.5 Å². The SMILES string of the molecule is C=C1C=C(c2c3ccccc3c(-c3ccccc3)c3ccccc23)C=C/C1=N/C. The topological polar surface area (TPSA) is 12.4 Å². The van der Waals surface area contributed by atoms with Gasteiger partial charge in [0.2, 0.25) is 0 Å². The molecule has 29 heavy (non-hydrogen) atoms. The van der Waals surface area contributed by atoms with E-state index in [9.17, 15) is 0 Å². The zero-order chi connectivity index (χ0) is 19.8. The summed E-state index contributed by atoms with van der Waals surface area (Å²) in [6.07, 6.45) is 6.37. The highest BCUT2D eigenvalue weighted by Gasteiger charge is 2.18. The minimum Gasteiger partial charge on any atom is -0.288 e. The number of benzene rings is 4. The third-order valence-corrected chi connectivity index (χ3v) is 5.60. The van der Waals surface area contributed by atoms with E-state index in [1.165, 1.54) is 43.8 Å². The predicted octanol–water partition coefficient (Wildman–Crippen LogP) is 7.24. The average molecular weight is 371 g/mol. The third-order valence-electron chi connectivity index (χ3n) is 5.60. The summed E-state index contributed by atoms with van der Waals surface area (Å²) in [6, 6.07) is 28.1. The average Bonchev–Trinajstić information content (AvgIpc) is 2.78. The largest absolute Gasteiger partial charge is 0.288 e. The fraction of sp³-hybridized carbons (Fsp3) is 0.0357. The maximum absolute atomic E-state index is 4.32. The number of hydrogen-bond donors (Lipinski definition) is 0. The summed E-state index contributed by atoms with van der Waals surface area (Å²) < 4.78 is 0. The van der Waals surface area contributed by atoms with E-state index in [0.29, 0.717) is 0 Å². The summed E-state index contributed by atoms with van der Waals surface area (Å²) in [7, 11) is 1.81. The van der Waals surface area contributed by atoms with E-state index in [-0.39, 0.29) is 0 Å². The van der Waals surface area contributed by atoms with Crippen molar-refractivity contribution >= 4 is 32.8 Å². The molecule has 0 radical (unpaired) electrons. The molecule has 5 rings (SSSR count). The first-order valence-electron chi connectivity index (χ1n) is 9.83. The summed E-state index contributed by atoms with van der Waals surface area (Å²) in [6.45, 7) is 4.21. The van der Waals surface area contributed by atoms with Gasteiger partial charge in [-0.2, -0.15) is 0 Å². The number of allylic oxidation sites excluding steroid dienone is 5. The van der Waals surface area contributed by atoms with Crippen molar-refractivity contribution in [2.75, 3.05) is 7.05 Å². The van der Waals surface area contributed by atoms with E-state index in [0.717, 1.165) is 11.3 Å². The normalized spacial score (nSPS) is 15.3. The Morgan fingerprint density at radius 2 is 1.14 bits per heavy atom. The van der Waals surface area contributed by atoms with Gasteiger partial charge in [-0.25, -0.2) is 0 Å². The van der Waals surface area contributed by atoms with Crippen LogP contribution >= 0.6 is 0 Å². The Kier molecular flexibility index (Phi) is 4.22. The molecule has 0 amide bonds. The Morgan fingerprint density at radius 1 is 0.621 bits per heavy atom. The summed E-state index contributed by atoms with van der Waals surface area (Å²) in [5.41, 5.74) is 6.84. The highest BCUT2D eigenvalue weighted by Crippen LogP contribution is 2.42. The quantitative estimate of drug-likeness (QED) is 0.329. The van der Waals surface area contributed by atoms with Gasteiger partial charge >= 0.3 is 0 Å². The first-order valence-corrected chi connectivity index (χ1v) is 9.83. The van der Waals surface area contributed by atoms with Crippen LogP contribution in [0, 0.1) is 0 Å². The van der Waals surface area contributed by atoms with Gasteiger partial charge in [0.25, 0.3) is 0 Å². The highest BCUT2D eigenvalue weighted by molar-refractivity contribution is 6.22. The van der Waals surface area contributed by atoms with E-state index >= 15 is 0 Å². The molecule has 0 atom stereocenters. The molecule has 1 heteroatoms. The molecular formula is C28H21N. The number of fused-ring (bicyclic) bond motifs is 2. The van der Waals surface area contributed by atoms with Crippen LogP contribution in [-0.2, 0) is 0 Å². The molecule has 0 aromatic heterocycles. The maximum Gasteiger partial charge on any atom is 0.0637 e. The van der Waals surface area contributed by atoms with E-state index in [1.807, 2.05) is 7.05 Å². The third kappa shape index (κ3) is 2.83. The first-order chi connectivity index (χ1) is 14.3. The summed E-state index contributed by atoms with van der Waals surface area (Å²) in [5.74, 6) is 0. The lowest BCUT2D eigenvalue weighted by Crippen LogP contribution is -2.02. The van der Waals surface area contributed by atoms with Crippen LogP contribution in [0.2, 0.25) is 0 Å². The van der Waals surface area contributed by atoms with Gasteiger partial charge in [-0.3, -0.25) is 4.99 Å². The second-order valence-electron chi connectivity index (χ2n) is 7.27. The lowest BCUT2D eigenvalue weighted by atomic mass is 9.84. The van der Waals surface area contributed by atoms with Crippen molar-refractivity contribution < 1.29 is 0 Å². The molecule has 0 saturated heterocycles. The molecule has 0 aliphatic heterocycles. The van der Waals surface area contributed by atoms with Crippen molar-refractivity contribution in [2.24, 2.45) is 4.99 Å². The second kappa shape index (κ2) is 7.03. The maximum atomic E-state index is 4.32. The fourth-order valence-corrected chi connectivity index (χ4v) is 4.31. The second-order valence-corrected chi connectivity index (χ2v) is 7.27. The van der Waals surface area contributed by atoms with Crippen molar-refractivity contribution in [1.29, 1.82) is 0 Å². The van der Waals surface area contributed by atoms with E-state index in [4.69, 9.17) is 0 Å². The summed E-state index contributed by atoms with van der Waals surface area (Å²) >= 11 is 0. The zero-order valence-corrected chi connectivity index (χ0v) is 16.4. The molecule has 0 heterocycles. The van der Waals surface area contributed by atoms with Crippen LogP contribution in [0.1, 0.15) is 5.56 Å². The molecule has 0 fully saturated rings. The van der Waals surface area contributed by atoms with E-state index < -0.39 is 0 Å². The smallest absolute Gasteiger partial charge is 0.0637 e. The Bertz CT molecular complexity index is 1290. The van der Waals surface area contributed by atoms with Crippen molar-refractivity contribution in [3.63, 3.8) is 0 Å². The standard InChI is InChI=1S/C28H21N/c1-19-18-21(16-17-26(19)29-2)28-24-14-8-6-12-22(24)27(20-10-4-3-5-11-20)23-13-7-9-15-25(23)28/h3-18H,1H2,2H3/b29-26-. The molecular weight excluding hydrogens is 350 g/mol.